The van der Waals surface area contributed by atoms with E-state index in [1.807, 2.05) is 24.3 Å². The van der Waals surface area contributed by atoms with Gasteiger partial charge in [0.2, 0.25) is 5.89 Å². The van der Waals surface area contributed by atoms with Crippen LogP contribution in [0.3, 0.4) is 0 Å². The van der Waals surface area contributed by atoms with E-state index in [0.717, 1.165) is 79.0 Å². The van der Waals surface area contributed by atoms with Crippen LogP contribution in [0.1, 0.15) is 74.9 Å². The molecule has 3 aliphatic heterocycles. The Hall–Kier alpha value is -8.15. The fourth-order valence-electron chi connectivity index (χ4n) is 11.9. The zero-order valence-electron chi connectivity index (χ0n) is 39.8. The van der Waals surface area contributed by atoms with Crippen molar-refractivity contribution in [3.05, 3.63) is 240 Å². The second-order valence-electron chi connectivity index (χ2n) is 20.4. The Kier molecular flexibility index (Phi) is 8.88. The Balaban J connectivity index is 1.18. The molecule has 0 aliphatic carbocycles. The molecule has 0 spiro atoms. The van der Waals surface area contributed by atoms with E-state index < -0.39 is 0 Å². The van der Waals surface area contributed by atoms with Gasteiger partial charge in [0.25, 0.3) is 0 Å². The molecule has 0 saturated carbocycles. The summed E-state index contributed by atoms with van der Waals surface area (Å²) in [5, 5.41) is 0. The Morgan fingerprint density at radius 3 is 1.01 bits per heavy atom. The fourth-order valence-corrected chi connectivity index (χ4v) is 11.9. The number of hydrogen-bond acceptors (Lipinski definition) is 5. The summed E-state index contributed by atoms with van der Waals surface area (Å²) in [5.74, 6) is 0.609. The summed E-state index contributed by atoms with van der Waals surface area (Å²) in [4.78, 5) is 12.6. The lowest BCUT2D eigenvalue weighted by Crippen LogP contribution is -2.35. The zero-order valence-corrected chi connectivity index (χ0v) is 39.8. The molecule has 334 valence electrons. The van der Waals surface area contributed by atoms with E-state index in [0.29, 0.717) is 5.89 Å². The molecule has 0 saturated heterocycles. The summed E-state index contributed by atoms with van der Waals surface area (Å²) in [5.41, 5.74) is 21.8. The molecule has 0 fully saturated rings. The van der Waals surface area contributed by atoms with Gasteiger partial charge in [-0.3, -0.25) is 0 Å². The molecule has 5 heteroatoms. The van der Waals surface area contributed by atoms with Crippen LogP contribution in [-0.2, 0) is 16.2 Å². The summed E-state index contributed by atoms with van der Waals surface area (Å²) >= 11 is 0. The average Bonchev–Trinajstić information content (AvgIpc) is 3.82. The number of fused-ring (bicyclic) bond motifs is 7. The van der Waals surface area contributed by atoms with Gasteiger partial charge in [-0.1, -0.05) is 175 Å². The molecule has 0 radical (unpaired) electrons. The normalized spacial score (nSPS) is 15.7. The van der Waals surface area contributed by atoms with Crippen molar-refractivity contribution in [2.45, 2.75) is 57.8 Å². The Labute approximate surface area is 404 Å². The van der Waals surface area contributed by atoms with Crippen LogP contribution >= 0.6 is 0 Å². The van der Waals surface area contributed by atoms with E-state index >= 15 is 0 Å². The maximum absolute atomic E-state index is 6.29. The maximum Gasteiger partial charge on any atom is 0.227 e. The lowest BCUT2D eigenvalue weighted by atomic mass is 9.72. The summed E-state index contributed by atoms with van der Waals surface area (Å²) in [7, 11) is 0. The van der Waals surface area contributed by atoms with Gasteiger partial charge in [0.05, 0.1) is 51.2 Å². The molecule has 0 amide bonds. The van der Waals surface area contributed by atoms with Gasteiger partial charge in [-0.05, 0) is 117 Å². The third-order valence-corrected chi connectivity index (χ3v) is 15.4. The van der Waals surface area contributed by atoms with E-state index in [2.05, 4.69) is 238 Å². The SMILES string of the molecule is CC1(C)c2ccccc2N(c2cc(-c3ccc(-c4nc5ccccc5o4)cc3)cc(N3c4ccccc4C(C)(C)c4ccccc43)c2N2c3ccccc3C(C)(C)c3ccccc32)c2ccccc21. The quantitative estimate of drug-likeness (QED) is 0.172. The molecule has 5 nitrogen and oxygen atoms in total. The van der Waals surface area contributed by atoms with Crippen molar-refractivity contribution in [3.8, 4) is 22.6 Å². The number of hydrogen-bond donors (Lipinski definition) is 0. The molecular weight excluding hydrogens is 841 g/mol. The van der Waals surface area contributed by atoms with Crippen molar-refractivity contribution in [2.24, 2.45) is 0 Å². The highest BCUT2D eigenvalue weighted by Crippen LogP contribution is 2.63. The van der Waals surface area contributed by atoms with Crippen LogP contribution in [0.2, 0.25) is 0 Å². The smallest absolute Gasteiger partial charge is 0.227 e. The molecule has 10 aromatic rings. The highest BCUT2D eigenvalue weighted by molar-refractivity contribution is 6.07. The third kappa shape index (κ3) is 5.99. The third-order valence-electron chi connectivity index (χ3n) is 15.4. The average molecular weight is 893 g/mol. The van der Waals surface area contributed by atoms with Crippen LogP contribution in [0, 0.1) is 0 Å². The van der Waals surface area contributed by atoms with Crippen LogP contribution in [-0.4, -0.2) is 4.98 Å². The van der Waals surface area contributed by atoms with E-state index in [9.17, 15) is 0 Å². The minimum absolute atomic E-state index is 0.254. The number of rotatable bonds is 5. The zero-order chi connectivity index (χ0) is 46.8. The number of oxazole rings is 1. The second kappa shape index (κ2) is 14.9. The topological polar surface area (TPSA) is 35.8 Å². The predicted molar refractivity (Wildman–Crippen MR) is 285 cm³/mol. The standard InChI is InChI=1S/C64H52N4O/c1-62(2)44-21-7-14-28-51(44)66(52-29-15-8-22-45(52)62)57-39-43(41-35-37-42(38-36-41)61-65-50-27-13-20-34-59(50)69-61)40-58(67-53-30-16-9-23-46(53)63(3,4)47-24-10-17-31-54(47)67)60(57)68-55-32-18-11-25-48(55)64(5,6)49-26-12-19-33-56(49)68/h7-40H,1-6H3. The van der Waals surface area contributed by atoms with Gasteiger partial charge in [-0.25, -0.2) is 4.98 Å². The number of benzene rings is 9. The number of nitrogens with zero attached hydrogens (tertiary/aromatic N) is 4. The molecular formula is C64H52N4O. The summed E-state index contributed by atoms with van der Waals surface area (Å²) in [6, 6.07) is 75.7. The first-order chi connectivity index (χ1) is 33.5. The first-order valence-electron chi connectivity index (χ1n) is 24.1. The van der Waals surface area contributed by atoms with Crippen LogP contribution in [0.4, 0.5) is 51.2 Å². The van der Waals surface area contributed by atoms with E-state index in [-0.39, 0.29) is 16.2 Å². The number of para-hydroxylation sites is 8. The molecule has 0 N–H and O–H groups in total. The molecule has 69 heavy (non-hydrogen) atoms. The van der Waals surface area contributed by atoms with Crippen LogP contribution < -0.4 is 14.7 Å². The van der Waals surface area contributed by atoms with Gasteiger partial charge < -0.3 is 19.1 Å². The molecule has 13 rings (SSSR count). The monoisotopic (exact) mass is 892 g/mol. The fraction of sp³-hybridized carbons (Fsp3) is 0.141. The van der Waals surface area contributed by atoms with Gasteiger partial charge in [-0.15, -0.1) is 0 Å². The van der Waals surface area contributed by atoms with E-state index in [1.54, 1.807) is 0 Å². The molecule has 4 heterocycles. The van der Waals surface area contributed by atoms with Crippen LogP contribution in [0.25, 0.3) is 33.7 Å². The largest absolute Gasteiger partial charge is 0.436 e. The van der Waals surface area contributed by atoms with Crippen molar-refractivity contribution < 1.29 is 4.42 Å². The van der Waals surface area contributed by atoms with E-state index in [1.165, 1.54) is 33.4 Å². The molecule has 0 unspecified atom stereocenters. The number of anilines is 9. The van der Waals surface area contributed by atoms with Gasteiger partial charge in [0.1, 0.15) is 5.52 Å². The first-order valence-corrected chi connectivity index (χ1v) is 24.1. The van der Waals surface area contributed by atoms with Crippen molar-refractivity contribution in [2.75, 3.05) is 14.7 Å². The highest BCUT2D eigenvalue weighted by atomic mass is 16.3. The van der Waals surface area contributed by atoms with Gasteiger partial charge in [-0.2, -0.15) is 0 Å². The molecule has 3 aliphatic rings. The Morgan fingerprint density at radius 1 is 0.319 bits per heavy atom. The first kappa shape index (κ1) is 41.1. The van der Waals surface area contributed by atoms with E-state index in [4.69, 9.17) is 9.40 Å². The summed E-state index contributed by atoms with van der Waals surface area (Å²) in [6.07, 6.45) is 0. The van der Waals surface area contributed by atoms with Crippen LogP contribution in [0.5, 0.6) is 0 Å². The second-order valence-corrected chi connectivity index (χ2v) is 20.4. The molecule has 9 aromatic carbocycles. The lowest BCUT2D eigenvalue weighted by molar-refractivity contribution is 0.620. The summed E-state index contributed by atoms with van der Waals surface area (Å²) in [6.45, 7) is 14.2. The van der Waals surface area contributed by atoms with Gasteiger partial charge in [0, 0.05) is 21.8 Å². The minimum atomic E-state index is -0.261. The van der Waals surface area contributed by atoms with Gasteiger partial charge in [0.15, 0.2) is 5.58 Å². The Bertz CT molecular complexity index is 3380. The maximum atomic E-state index is 6.29. The van der Waals surface area contributed by atoms with Crippen molar-refractivity contribution in [3.63, 3.8) is 0 Å². The van der Waals surface area contributed by atoms with Crippen molar-refractivity contribution in [1.82, 2.24) is 4.98 Å². The lowest BCUT2D eigenvalue weighted by Gasteiger charge is -2.48. The number of aromatic nitrogens is 1. The predicted octanol–water partition coefficient (Wildman–Crippen LogP) is 17.5. The molecule has 0 bridgehead atoms. The highest BCUT2D eigenvalue weighted by Gasteiger charge is 2.44. The molecule has 1 aromatic heterocycles. The molecule has 0 atom stereocenters. The van der Waals surface area contributed by atoms with Gasteiger partial charge >= 0.3 is 0 Å². The Morgan fingerprint density at radius 2 is 0.638 bits per heavy atom. The van der Waals surface area contributed by atoms with Crippen LogP contribution in [0.15, 0.2) is 211 Å². The summed E-state index contributed by atoms with van der Waals surface area (Å²) < 4.78 is 6.29. The van der Waals surface area contributed by atoms with Crippen molar-refractivity contribution >= 4 is 62.3 Å². The minimum Gasteiger partial charge on any atom is -0.436 e. The van der Waals surface area contributed by atoms with Crippen molar-refractivity contribution in [1.29, 1.82) is 0 Å².